The highest BCUT2D eigenvalue weighted by atomic mass is 32.1. The van der Waals surface area contributed by atoms with Crippen molar-refractivity contribution in [2.24, 2.45) is 0 Å². The lowest BCUT2D eigenvalue weighted by Gasteiger charge is -2.11. The Morgan fingerprint density at radius 1 is 1.24 bits per heavy atom. The zero-order valence-corrected chi connectivity index (χ0v) is 12.6. The number of furan rings is 1. The highest BCUT2D eigenvalue weighted by molar-refractivity contribution is 7.19. The van der Waals surface area contributed by atoms with Crippen molar-refractivity contribution in [1.82, 2.24) is 4.98 Å². The van der Waals surface area contributed by atoms with Crippen LogP contribution in [0.1, 0.15) is 11.5 Å². The normalized spacial score (nSPS) is 10.6. The van der Waals surface area contributed by atoms with Crippen LogP contribution in [0.4, 0.5) is 10.8 Å². The molecule has 0 aliphatic heterocycles. The molecule has 4 nitrogen and oxygen atoms in total. The van der Waals surface area contributed by atoms with E-state index in [9.17, 15) is 4.79 Å². The molecule has 0 atom stereocenters. The average molecular weight is 298 g/mol. The fraction of sp³-hybridized carbons (Fsp3) is 0.125. The maximum Gasteiger partial charge on any atom is 0.220 e. The molecule has 2 heterocycles. The van der Waals surface area contributed by atoms with Crippen molar-refractivity contribution >= 4 is 28.6 Å². The number of carbonyl (C=O) groups excluding carboxylic acids is 1. The highest BCUT2D eigenvalue weighted by Gasteiger charge is 2.18. The van der Waals surface area contributed by atoms with E-state index in [1.807, 2.05) is 50.2 Å². The molecular weight excluding hydrogens is 284 g/mol. The lowest BCUT2D eigenvalue weighted by atomic mass is 10.2. The van der Waals surface area contributed by atoms with Crippen LogP contribution < -0.4 is 4.90 Å². The van der Waals surface area contributed by atoms with Crippen LogP contribution in [-0.4, -0.2) is 11.4 Å². The fourth-order valence-corrected chi connectivity index (χ4v) is 3.07. The Morgan fingerprint density at radius 3 is 2.62 bits per heavy atom. The Morgan fingerprint density at radius 2 is 2.00 bits per heavy atom. The van der Waals surface area contributed by atoms with E-state index in [0.29, 0.717) is 10.9 Å². The highest BCUT2D eigenvalue weighted by Crippen LogP contribution is 2.35. The molecule has 0 unspecified atom stereocenters. The number of nitrogens with zero attached hydrogens (tertiary/aromatic N) is 2. The van der Waals surface area contributed by atoms with E-state index in [1.165, 1.54) is 16.2 Å². The van der Waals surface area contributed by atoms with E-state index in [1.54, 1.807) is 6.20 Å². The van der Waals surface area contributed by atoms with E-state index in [2.05, 4.69) is 4.98 Å². The molecule has 3 rings (SSSR count). The Balaban J connectivity index is 1.98. The van der Waals surface area contributed by atoms with Crippen molar-refractivity contribution in [1.29, 1.82) is 0 Å². The third-order valence-corrected chi connectivity index (χ3v) is 4.18. The molecule has 1 aromatic carbocycles. The number of carbonyl (C=O) groups is 1. The van der Waals surface area contributed by atoms with Crippen molar-refractivity contribution < 1.29 is 9.21 Å². The topological polar surface area (TPSA) is 46.3 Å². The molecule has 0 aliphatic rings. The van der Waals surface area contributed by atoms with Gasteiger partial charge in [-0.25, -0.2) is 4.98 Å². The van der Waals surface area contributed by atoms with Gasteiger partial charge in [-0.1, -0.05) is 41.7 Å². The molecule has 2 aromatic heterocycles. The van der Waals surface area contributed by atoms with Crippen molar-refractivity contribution in [3.8, 4) is 10.4 Å². The Labute approximate surface area is 126 Å². The molecule has 1 amide bonds. The van der Waals surface area contributed by atoms with E-state index in [0.717, 1.165) is 28.3 Å². The summed E-state index contributed by atoms with van der Waals surface area (Å²) in [5.41, 5.74) is 1.82. The number of thiazole rings is 1. The second-order valence-corrected chi connectivity index (χ2v) is 5.66. The largest absolute Gasteiger partial charge is 0.464 e. The van der Waals surface area contributed by atoms with Crippen molar-refractivity contribution in [3.63, 3.8) is 0 Å². The summed E-state index contributed by atoms with van der Waals surface area (Å²) in [7, 11) is 0. The van der Waals surface area contributed by atoms with Crippen LogP contribution in [0.5, 0.6) is 0 Å². The Kier molecular flexibility index (Phi) is 3.58. The number of anilines is 2. The average Bonchev–Trinajstić information content (AvgIpc) is 3.09. The standard InChI is InChI=1S/C16H14N2O2S/c1-11-8-14(12(2)20-11)18(10-19)16-17-9-15(21-16)13-6-4-3-5-7-13/h3-10H,1-2H3. The molecule has 0 saturated carbocycles. The number of aryl methyl sites for hydroxylation is 2. The number of rotatable bonds is 4. The van der Waals surface area contributed by atoms with E-state index >= 15 is 0 Å². The molecule has 106 valence electrons. The predicted octanol–water partition coefficient (Wildman–Crippen LogP) is 4.31. The van der Waals surface area contributed by atoms with Crippen LogP contribution in [-0.2, 0) is 4.79 Å². The fourth-order valence-electron chi connectivity index (χ4n) is 2.17. The van der Waals surface area contributed by atoms with E-state index in [-0.39, 0.29) is 0 Å². The molecule has 5 heteroatoms. The third-order valence-electron chi connectivity index (χ3n) is 3.14. The summed E-state index contributed by atoms with van der Waals surface area (Å²) in [4.78, 5) is 18.4. The van der Waals surface area contributed by atoms with Crippen LogP contribution in [0.15, 0.2) is 47.0 Å². The minimum absolute atomic E-state index is 0.632. The number of hydrogen-bond donors (Lipinski definition) is 0. The Hall–Kier alpha value is -2.40. The van der Waals surface area contributed by atoms with Gasteiger partial charge in [-0.15, -0.1) is 0 Å². The van der Waals surface area contributed by atoms with Gasteiger partial charge in [-0.2, -0.15) is 0 Å². The zero-order chi connectivity index (χ0) is 14.8. The molecule has 0 spiro atoms. The van der Waals surface area contributed by atoms with Gasteiger partial charge in [0.2, 0.25) is 6.41 Å². The van der Waals surface area contributed by atoms with Gasteiger partial charge in [0.05, 0.1) is 10.6 Å². The summed E-state index contributed by atoms with van der Waals surface area (Å²) < 4.78 is 5.49. The van der Waals surface area contributed by atoms with Gasteiger partial charge in [-0.05, 0) is 19.4 Å². The maximum absolute atomic E-state index is 11.5. The van der Waals surface area contributed by atoms with Gasteiger partial charge in [0.1, 0.15) is 11.5 Å². The van der Waals surface area contributed by atoms with Crippen molar-refractivity contribution in [2.75, 3.05) is 4.90 Å². The predicted molar refractivity (Wildman–Crippen MR) is 83.9 cm³/mol. The first-order valence-electron chi connectivity index (χ1n) is 6.52. The quantitative estimate of drug-likeness (QED) is 0.674. The van der Waals surface area contributed by atoms with Crippen LogP contribution in [0, 0.1) is 13.8 Å². The number of amides is 1. The monoisotopic (exact) mass is 298 g/mol. The van der Waals surface area contributed by atoms with Gasteiger partial charge >= 0.3 is 0 Å². The summed E-state index contributed by atoms with van der Waals surface area (Å²) in [6.07, 6.45) is 2.55. The van der Waals surface area contributed by atoms with Crippen molar-refractivity contribution in [3.05, 3.63) is 54.1 Å². The molecule has 3 aromatic rings. The first-order valence-corrected chi connectivity index (χ1v) is 7.33. The molecule has 0 N–H and O–H groups in total. The molecule has 0 radical (unpaired) electrons. The van der Waals surface area contributed by atoms with Gasteiger partial charge < -0.3 is 4.42 Å². The van der Waals surface area contributed by atoms with Gasteiger partial charge in [0, 0.05) is 12.3 Å². The molecule has 0 aliphatic carbocycles. The minimum atomic E-state index is 0.632. The summed E-state index contributed by atoms with van der Waals surface area (Å²) >= 11 is 1.47. The molecular formula is C16H14N2O2S. The summed E-state index contributed by atoms with van der Waals surface area (Å²) in [6.45, 7) is 3.70. The SMILES string of the molecule is Cc1cc(N(C=O)c2ncc(-c3ccccc3)s2)c(C)o1. The first-order chi connectivity index (χ1) is 10.2. The molecule has 0 fully saturated rings. The van der Waals surface area contributed by atoms with Crippen LogP contribution >= 0.6 is 11.3 Å². The van der Waals surface area contributed by atoms with Crippen LogP contribution in [0.2, 0.25) is 0 Å². The summed E-state index contributed by atoms with van der Waals surface area (Å²) in [6, 6.07) is 11.8. The second kappa shape index (κ2) is 5.54. The summed E-state index contributed by atoms with van der Waals surface area (Å²) in [5, 5.41) is 0.632. The smallest absolute Gasteiger partial charge is 0.220 e. The number of hydrogen-bond acceptors (Lipinski definition) is 4. The summed E-state index contributed by atoms with van der Waals surface area (Å²) in [5.74, 6) is 1.48. The zero-order valence-electron chi connectivity index (χ0n) is 11.7. The number of benzene rings is 1. The Bertz CT molecular complexity index is 762. The van der Waals surface area contributed by atoms with E-state index < -0.39 is 0 Å². The second-order valence-electron chi connectivity index (χ2n) is 4.65. The van der Waals surface area contributed by atoms with Crippen LogP contribution in [0.3, 0.4) is 0 Å². The van der Waals surface area contributed by atoms with Gasteiger partial charge in [-0.3, -0.25) is 9.69 Å². The molecule has 0 saturated heterocycles. The van der Waals surface area contributed by atoms with Crippen LogP contribution in [0.25, 0.3) is 10.4 Å². The molecule has 21 heavy (non-hydrogen) atoms. The van der Waals surface area contributed by atoms with E-state index in [4.69, 9.17) is 4.42 Å². The number of aromatic nitrogens is 1. The van der Waals surface area contributed by atoms with Crippen molar-refractivity contribution in [2.45, 2.75) is 13.8 Å². The van der Waals surface area contributed by atoms with Gasteiger partial charge in [0.15, 0.2) is 5.13 Å². The first kappa shape index (κ1) is 13.6. The molecule has 0 bridgehead atoms. The maximum atomic E-state index is 11.5. The third kappa shape index (κ3) is 2.60. The lowest BCUT2D eigenvalue weighted by Crippen LogP contribution is -2.13. The van der Waals surface area contributed by atoms with Gasteiger partial charge in [0.25, 0.3) is 0 Å². The lowest BCUT2D eigenvalue weighted by molar-refractivity contribution is -0.106. The minimum Gasteiger partial charge on any atom is -0.464 e.